The van der Waals surface area contributed by atoms with Crippen LogP contribution in [0.1, 0.15) is 24.0 Å². The lowest BCUT2D eigenvalue weighted by atomic mass is 9.86. The van der Waals surface area contributed by atoms with Crippen molar-refractivity contribution >= 4 is 48.2 Å². The molecule has 0 fully saturated rings. The highest BCUT2D eigenvalue weighted by Crippen LogP contribution is 2.36. The summed E-state index contributed by atoms with van der Waals surface area (Å²) in [6.07, 6.45) is 8.83. The Labute approximate surface area is 179 Å². The second-order valence-electron chi connectivity index (χ2n) is 7.63. The molecular weight excluding hydrogens is 418 g/mol. The maximum atomic E-state index is 4.01. The number of benzene rings is 4. The van der Waals surface area contributed by atoms with Gasteiger partial charge in [0, 0.05) is 16.9 Å². The molecule has 0 bridgehead atoms. The van der Waals surface area contributed by atoms with Crippen LogP contribution in [0.15, 0.2) is 89.7 Å². The van der Waals surface area contributed by atoms with E-state index >= 15 is 0 Å². The number of hydrogen-bond acceptors (Lipinski definition) is 1. The predicted molar refractivity (Wildman–Crippen MR) is 128 cm³/mol. The van der Waals surface area contributed by atoms with E-state index in [2.05, 4.69) is 75.5 Å². The van der Waals surface area contributed by atoms with Crippen LogP contribution >= 0.6 is 15.9 Å². The quantitative estimate of drug-likeness (QED) is 0.223. The van der Waals surface area contributed by atoms with E-state index in [4.69, 9.17) is 0 Å². The summed E-state index contributed by atoms with van der Waals surface area (Å²) >= 11 is 3.75. The largest absolute Gasteiger partial charge is 0.264 e. The number of aryl methyl sites for hydroxylation is 2. The van der Waals surface area contributed by atoms with E-state index in [1.807, 2.05) is 30.6 Å². The number of fused-ring (bicyclic) bond motifs is 6. The SMILES string of the molecule is Brc1cc2c3c(ccc2c2ccccc12)CCCC3.c1ccc2cnccc2c1. The Balaban J connectivity index is 0.000000153. The summed E-state index contributed by atoms with van der Waals surface area (Å²) in [4.78, 5) is 4.01. The van der Waals surface area contributed by atoms with E-state index in [1.54, 1.807) is 11.1 Å². The van der Waals surface area contributed by atoms with E-state index in [-0.39, 0.29) is 0 Å². The summed E-state index contributed by atoms with van der Waals surface area (Å²) in [6, 6.07) is 25.8. The summed E-state index contributed by atoms with van der Waals surface area (Å²) in [5.74, 6) is 0. The zero-order valence-electron chi connectivity index (χ0n) is 16.2. The van der Waals surface area contributed by atoms with E-state index in [0.717, 1.165) is 0 Å². The Morgan fingerprint density at radius 1 is 0.655 bits per heavy atom. The lowest BCUT2D eigenvalue weighted by Crippen LogP contribution is -2.03. The normalized spacial score (nSPS) is 13.1. The molecule has 1 aliphatic rings. The molecule has 5 aromatic rings. The van der Waals surface area contributed by atoms with Crippen LogP contribution in [0.4, 0.5) is 0 Å². The van der Waals surface area contributed by atoms with Gasteiger partial charge in [-0.15, -0.1) is 0 Å². The molecular formula is C27H22BrN. The molecule has 0 saturated carbocycles. The van der Waals surface area contributed by atoms with Crippen molar-refractivity contribution in [1.29, 1.82) is 0 Å². The first-order valence-electron chi connectivity index (χ1n) is 10.2. The van der Waals surface area contributed by atoms with Gasteiger partial charge < -0.3 is 0 Å². The fraction of sp³-hybridized carbons (Fsp3) is 0.148. The van der Waals surface area contributed by atoms with Crippen molar-refractivity contribution in [2.45, 2.75) is 25.7 Å². The van der Waals surface area contributed by atoms with E-state index in [9.17, 15) is 0 Å². The van der Waals surface area contributed by atoms with Gasteiger partial charge in [0.2, 0.25) is 0 Å². The topological polar surface area (TPSA) is 12.9 Å². The number of halogens is 1. The van der Waals surface area contributed by atoms with Gasteiger partial charge in [0.15, 0.2) is 0 Å². The van der Waals surface area contributed by atoms with Crippen molar-refractivity contribution in [2.75, 3.05) is 0 Å². The molecule has 142 valence electrons. The Bertz CT molecular complexity index is 1260. The molecule has 0 N–H and O–H groups in total. The van der Waals surface area contributed by atoms with Gasteiger partial charge in [-0.2, -0.15) is 0 Å². The third kappa shape index (κ3) is 3.54. The van der Waals surface area contributed by atoms with Gasteiger partial charge in [0.25, 0.3) is 0 Å². The molecule has 0 saturated heterocycles. The fourth-order valence-electron chi connectivity index (χ4n) is 4.41. The molecule has 4 aromatic carbocycles. The monoisotopic (exact) mass is 439 g/mol. The van der Waals surface area contributed by atoms with Gasteiger partial charge in [-0.3, -0.25) is 4.98 Å². The summed E-state index contributed by atoms with van der Waals surface area (Å²) in [6.45, 7) is 0. The molecule has 1 nitrogen and oxygen atoms in total. The number of hydrogen-bond donors (Lipinski definition) is 0. The molecule has 1 aromatic heterocycles. The van der Waals surface area contributed by atoms with Crippen LogP contribution in [0.5, 0.6) is 0 Å². The first-order chi connectivity index (χ1) is 14.3. The average Bonchev–Trinajstić information content (AvgIpc) is 2.80. The van der Waals surface area contributed by atoms with E-state index in [0.29, 0.717) is 0 Å². The van der Waals surface area contributed by atoms with Gasteiger partial charge in [-0.05, 0) is 81.3 Å². The molecule has 0 radical (unpaired) electrons. The third-order valence-corrected chi connectivity index (χ3v) is 6.53. The van der Waals surface area contributed by atoms with Crippen molar-refractivity contribution in [3.63, 3.8) is 0 Å². The Morgan fingerprint density at radius 3 is 2.24 bits per heavy atom. The first-order valence-corrected chi connectivity index (χ1v) is 11.0. The van der Waals surface area contributed by atoms with Crippen LogP contribution in [0.2, 0.25) is 0 Å². The van der Waals surface area contributed by atoms with E-state index in [1.165, 1.54) is 62.5 Å². The summed E-state index contributed by atoms with van der Waals surface area (Å²) in [5.41, 5.74) is 3.14. The minimum atomic E-state index is 1.20. The molecule has 0 amide bonds. The maximum absolute atomic E-state index is 4.01. The second-order valence-corrected chi connectivity index (χ2v) is 8.49. The molecule has 1 aliphatic carbocycles. The predicted octanol–water partition coefficient (Wildman–Crippen LogP) is 7.87. The lowest BCUT2D eigenvalue weighted by molar-refractivity contribution is 0.690. The van der Waals surface area contributed by atoms with Crippen LogP contribution in [0.3, 0.4) is 0 Å². The van der Waals surface area contributed by atoms with E-state index < -0.39 is 0 Å². The average molecular weight is 440 g/mol. The van der Waals surface area contributed by atoms with Gasteiger partial charge in [-0.1, -0.05) is 76.6 Å². The fourth-order valence-corrected chi connectivity index (χ4v) is 4.99. The molecule has 29 heavy (non-hydrogen) atoms. The lowest BCUT2D eigenvalue weighted by Gasteiger charge is -2.19. The standard InChI is InChI=1S/C18H15Br.C9H7N/c19-18-11-17-13-6-2-1-5-12(13)9-10-15(17)14-7-3-4-8-16(14)18;1-2-4-9-7-10-6-5-8(9)3-1/h3-4,7-11H,1-2,5-6H2;1-7H. The van der Waals surface area contributed by atoms with Gasteiger partial charge in [-0.25, -0.2) is 0 Å². The highest BCUT2D eigenvalue weighted by Gasteiger charge is 2.14. The number of nitrogens with zero attached hydrogens (tertiary/aromatic N) is 1. The van der Waals surface area contributed by atoms with Crippen LogP contribution in [-0.2, 0) is 12.8 Å². The van der Waals surface area contributed by atoms with Crippen molar-refractivity contribution in [2.24, 2.45) is 0 Å². The Kier molecular flexibility index (Phi) is 5.03. The highest BCUT2D eigenvalue weighted by atomic mass is 79.9. The zero-order valence-corrected chi connectivity index (χ0v) is 17.8. The smallest absolute Gasteiger partial charge is 0.0346 e. The zero-order chi connectivity index (χ0) is 19.6. The molecule has 2 heteroatoms. The van der Waals surface area contributed by atoms with Crippen LogP contribution in [0, 0.1) is 0 Å². The van der Waals surface area contributed by atoms with Crippen molar-refractivity contribution in [3.8, 4) is 0 Å². The van der Waals surface area contributed by atoms with Crippen LogP contribution < -0.4 is 0 Å². The third-order valence-electron chi connectivity index (χ3n) is 5.87. The van der Waals surface area contributed by atoms with Crippen molar-refractivity contribution in [1.82, 2.24) is 4.98 Å². The second kappa shape index (κ2) is 7.96. The summed E-state index contributed by atoms with van der Waals surface area (Å²) in [5, 5.41) is 7.97. The van der Waals surface area contributed by atoms with Crippen LogP contribution in [-0.4, -0.2) is 4.98 Å². The molecule has 0 spiro atoms. The van der Waals surface area contributed by atoms with Crippen molar-refractivity contribution < 1.29 is 0 Å². The molecule has 0 atom stereocenters. The van der Waals surface area contributed by atoms with Gasteiger partial charge in [0.1, 0.15) is 0 Å². The van der Waals surface area contributed by atoms with Gasteiger partial charge >= 0.3 is 0 Å². The summed E-state index contributed by atoms with van der Waals surface area (Å²) in [7, 11) is 0. The number of aromatic nitrogens is 1. The highest BCUT2D eigenvalue weighted by molar-refractivity contribution is 9.10. The molecule has 0 unspecified atom stereocenters. The molecule has 0 aliphatic heterocycles. The van der Waals surface area contributed by atoms with Crippen molar-refractivity contribution in [3.05, 3.63) is 101 Å². The Hall–Kier alpha value is -2.71. The van der Waals surface area contributed by atoms with Crippen LogP contribution in [0.25, 0.3) is 32.3 Å². The minimum absolute atomic E-state index is 1.20. The first kappa shape index (κ1) is 18.3. The maximum Gasteiger partial charge on any atom is 0.0346 e. The molecule has 1 heterocycles. The number of pyridine rings is 1. The van der Waals surface area contributed by atoms with Gasteiger partial charge in [0.05, 0.1) is 0 Å². The molecule has 6 rings (SSSR count). The minimum Gasteiger partial charge on any atom is -0.264 e. The summed E-state index contributed by atoms with van der Waals surface area (Å²) < 4.78 is 1.22. The number of rotatable bonds is 0. The Morgan fingerprint density at radius 2 is 1.38 bits per heavy atom.